The molecule has 0 radical (unpaired) electrons. The van der Waals surface area contributed by atoms with E-state index in [4.69, 9.17) is 11.6 Å². The van der Waals surface area contributed by atoms with Gasteiger partial charge in [-0.1, -0.05) is 18.2 Å². The largest absolute Gasteiger partial charge is 0.331 e. The van der Waals surface area contributed by atoms with Crippen molar-refractivity contribution in [3.63, 3.8) is 0 Å². The van der Waals surface area contributed by atoms with Gasteiger partial charge >= 0.3 is 6.03 Å². The molecule has 1 unspecified atom stereocenters. The average Bonchev–Trinajstić information content (AvgIpc) is 2.29. The Morgan fingerprint density at radius 1 is 1.39 bits per heavy atom. The Hall–Kier alpha value is -1.62. The molecule has 0 heterocycles. The molecule has 3 amide bonds. The van der Waals surface area contributed by atoms with Crippen LogP contribution in [0.25, 0.3) is 0 Å². The Balaban J connectivity index is 2.55. The second-order valence-electron chi connectivity index (χ2n) is 3.70. The summed E-state index contributed by atoms with van der Waals surface area (Å²) >= 11 is 5.36. The van der Waals surface area contributed by atoms with Gasteiger partial charge in [-0.15, -0.1) is 11.6 Å². The van der Waals surface area contributed by atoms with Gasteiger partial charge in [0, 0.05) is 17.9 Å². The van der Waals surface area contributed by atoms with E-state index in [0.717, 1.165) is 0 Å². The first-order valence-corrected chi connectivity index (χ1v) is 5.98. The number of benzene rings is 1. The molecule has 1 aromatic carbocycles. The minimum Gasteiger partial charge on any atom is -0.331 e. The molecule has 1 atom stereocenters. The molecule has 6 heteroatoms. The lowest BCUT2D eigenvalue weighted by atomic mass is 10.1. The first-order chi connectivity index (χ1) is 8.54. The summed E-state index contributed by atoms with van der Waals surface area (Å²) < 4.78 is 13.4. The number of hydrogen-bond acceptors (Lipinski definition) is 2. The predicted molar refractivity (Wildman–Crippen MR) is 66.8 cm³/mol. The normalized spacial score (nSPS) is 11.7. The number of halogens is 2. The fourth-order valence-corrected chi connectivity index (χ4v) is 1.58. The van der Waals surface area contributed by atoms with Crippen molar-refractivity contribution in [3.8, 4) is 0 Å². The van der Waals surface area contributed by atoms with E-state index in [1.807, 2.05) is 0 Å². The first kappa shape index (κ1) is 14.4. The van der Waals surface area contributed by atoms with Crippen molar-refractivity contribution in [1.29, 1.82) is 0 Å². The van der Waals surface area contributed by atoms with E-state index in [0.29, 0.717) is 5.56 Å². The number of imide groups is 1. The van der Waals surface area contributed by atoms with E-state index in [2.05, 4.69) is 10.6 Å². The molecular formula is C12H14ClFN2O2. The van der Waals surface area contributed by atoms with Crippen molar-refractivity contribution in [1.82, 2.24) is 10.6 Å². The van der Waals surface area contributed by atoms with Crippen molar-refractivity contribution in [2.24, 2.45) is 0 Å². The molecule has 0 bridgehead atoms. The second-order valence-corrected chi connectivity index (χ2v) is 4.08. The van der Waals surface area contributed by atoms with Crippen molar-refractivity contribution in [2.75, 3.05) is 5.88 Å². The van der Waals surface area contributed by atoms with E-state index < -0.39 is 23.8 Å². The zero-order valence-corrected chi connectivity index (χ0v) is 10.6. The number of nitrogens with one attached hydrogen (secondary N) is 2. The SMILES string of the molecule is CC(NC(=O)NC(=O)CCCl)c1ccccc1F. The van der Waals surface area contributed by atoms with Crippen LogP contribution in [0.1, 0.15) is 24.9 Å². The first-order valence-electron chi connectivity index (χ1n) is 5.45. The number of carbonyl (C=O) groups excluding carboxylic acids is 2. The molecule has 0 saturated heterocycles. The monoisotopic (exact) mass is 272 g/mol. The maximum atomic E-state index is 13.4. The number of carbonyl (C=O) groups is 2. The van der Waals surface area contributed by atoms with Gasteiger partial charge in [0.25, 0.3) is 0 Å². The molecule has 4 nitrogen and oxygen atoms in total. The van der Waals surface area contributed by atoms with Gasteiger partial charge in [0.15, 0.2) is 0 Å². The van der Waals surface area contributed by atoms with Crippen LogP contribution in [0, 0.1) is 5.82 Å². The van der Waals surface area contributed by atoms with Gasteiger partial charge in [0.1, 0.15) is 5.82 Å². The number of hydrogen-bond donors (Lipinski definition) is 2. The standard InChI is InChI=1S/C12H14ClFN2O2/c1-8(9-4-2-3-5-10(9)14)15-12(18)16-11(17)6-7-13/h2-5,8H,6-7H2,1H3,(H2,15,16,17,18). The van der Waals surface area contributed by atoms with Crippen LogP contribution in [-0.2, 0) is 4.79 Å². The average molecular weight is 273 g/mol. The molecule has 0 aromatic heterocycles. The van der Waals surface area contributed by atoms with Crippen molar-refractivity contribution < 1.29 is 14.0 Å². The maximum absolute atomic E-state index is 13.4. The van der Waals surface area contributed by atoms with E-state index >= 15 is 0 Å². The van der Waals surface area contributed by atoms with Crippen LogP contribution in [0.4, 0.5) is 9.18 Å². The summed E-state index contributed by atoms with van der Waals surface area (Å²) in [7, 11) is 0. The molecule has 0 spiro atoms. The number of amides is 3. The highest BCUT2D eigenvalue weighted by atomic mass is 35.5. The van der Waals surface area contributed by atoms with Crippen molar-refractivity contribution in [2.45, 2.75) is 19.4 Å². The molecule has 2 N–H and O–H groups in total. The summed E-state index contributed by atoms with van der Waals surface area (Å²) in [6.07, 6.45) is 0.0586. The minimum atomic E-state index is -0.666. The molecule has 1 rings (SSSR count). The number of urea groups is 1. The van der Waals surface area contributed by atoms with Gasteiger partial charge in [0.2, 0.25) is 5.91 Å². The van der Waals surface area contributed by atoms with E-state index in [9.17, 15) is 14.0 Å². The predicted octanol–water partition coefficient (Wildman–Crippen LogP) is 2.34. The molecule has 18 heavy (non-hydrogen) atoms. The molecule has 0 aliphatic heterocycles. The molecule has 0 fully saturated rings. The Bertz CT molecular complexity index is 440. The second kappa shape index (κ2) is 6.96. The number of rotatable bonds is 4. The molecule has 0 saturated carbocycles. The van der Waals surface area contributed by atoms with Crippen LogP contribution in [0.5, 0.6) is 0 Å². The zero-order valence-electron chi connectivity index (χ0n) is 9.87. The molecule has 0 aliphatic rings. The summed E-state index contributed by atoms with van der Waals surface area (Å²) in [4.78, 5) is 22.5. The summed E-state index contributed by atoms with van der Waals surface area (Å²) in [6.45, 7) is 1.63. The highest BCUT2D eigenvalue weighted by Crippen LogP contribution is 2.15. The highest BCUT2D eigenvalue weighted by Gasteiger charge is 2.14. The Labute approximate surface area is 110 Å². The molecule has 1 aromatic rings. The van der Waals surface area contributed by atoms with Gasteiger partial charge in [-0.3, -0.25) is 10.1 Å². The third-order valence-electron chi connectivity index (χ3n) is 2.29. The van der Waals surface area contributed by atoms with Crippen LogP contribution in [-0.4, -0.2) is 17.8 Å². The summed E-state index contributed by atoms with van der Waals surface area (Å²) in [5.41, 5.74) is 0.359. The Kier molecular flexibility index (Phi) is 5.58. The van der Waals surface area contributed by atoms with Gasteiger partial charge in [-0.25, -0.2) is 9.18 Å². The topological polar surface area (TPSA) is 58.2 Å². The van der Waals surface area contributed by atoms with Crippen molar-refractivity contribution >= 4 is 23.5 Å². The Morgan fingerprint density at radius 2 is 2.06 bits per heavy atom. The summed E-state index contributed by atoms with van der Waals surface area (Å²) in [6, 6.07) is 4.92. The third-order valence-corrected chi connectivity index (χ3v) is 2.48. The van der Waals surface area contributed by atoms with Gasteiger partial charge in [-0.2, -0.15) is 0 Å². The quantitative estimate of drug-likeness (QED) is 0.827. The van der Waals surface area contributed by atoms with E-state index in [-0.39, 0.29) is 12.3 Å². The fourth-order valence-electron chi connectivity index (χ4n) is 1.41. The lowest BCUT2D eigenvalue weighted by molar-refractivity contribution is -0.119. The maximum Gasteiger partial charge on any atom is 0.321 e. The molecular weight excluding hydrogens is 259 g/mol. The molecule has 0 aliphatic carbocycles. The lowest BCUT2D eigenvalue weighted by Gasteiger charge is -2.15. The van der Waals surface area contributed by atoms with Crippen LogP contribution in [0.3, 0.4) is 0 Å². The van der Waals surface area contributed by atoms with Crippen molar-refractivity contribution in [3.05, 3.63) is 35.6 Å². The summed E-state index contributed by atoms with van der Waals surface area (Å²) in [5, 5.41) is 4.58. The van der Waals surface area contributed by atoms with Crippen LogP contribution in [0.2, 0.25) is 0 Å². The van der Waals surface area contributed by atoms with Gasteiger partial charge in [-0.05, 0) is 13.0 Å². The van der Waals surface area contributed by atoms with Gasteiger partial charge in [0.05, 0.1) is 6.04 Å². The number of alkyl halides is 1. The minimum absolute atomic E-state index is 0.0586. The molecule has 98 valence electrons. The van der Waals surface area contributed by atoms with Crippen LogP contribution >= 0.6 is 11.6 Å². The zero-order chi connectivity index (χ0) is 13.5. The third kappa shape index (κ3) is 4.33. The fraction of sp³-hybridized carbons (Fsp3) is 0.333. The van der Waals surface area contributed by atoms with Gasteiger partial charge < -0.3 is 5.32 Å². The highest BCUT2D eigenvalue weighted by molar-refractivity contribution is 6.19. The Morgan fingerprint density at radius 3 is 2.67 bits per heavy atom. The lowest BCUT2D eigenvalue weighted by Crippen LogP contribution is -2.40. The summed E-state index contributed by atoms with van der Waals surface area (Å²) in [5.74, 6) is -0.734. The smallest absolute Gasteiger partial charge is 0.321 e. The van der Waals surface area contributed by atoms with Crippen LogP contribution in [0.15, 0.2) is 24.3 Å². The van der Waals surface area contributed by atoms with Crippen LogP contribution < -0.4 is 10.6 Å². The van der Waals surface area contributed by atoms with E-state index in [1.165, 1.54) is 6.07 Å². The van der Waals surface area contributed by atoms with E-state index in [1.54, 1.807) is 25.1 Å².